The zero-order valence-electron chi connectivity index (χ0n) is 10.6. The molecule has 0 radical (unpaired) electrons. The van der Waals surface area contributed by atoms with Crippen LogP contribution in [-0.4, -0.2) is 43.6 Å². The van der Waals surface area contributed by atoms with Gasteiger partial charge in [-0.05, 0) is 20.9 Å². The standard InChI is InChI=1S/C10H19N3O2S2/c1-8(5-11-3)17(14,15)13(4)6-10-9(2)12-7-16-10/h7-8,11H,5-6H2,1-4H3. The van der Waals surface area contributed by atoms with Crippen LogP contribution in [0, 0.1) is 6.92 Å². The number of hydrogen-bond acceptors (Lipinski definition) is 5. The lowest BCUT2D eigenvalue weighted by atomic mass is 10.4. The van der Waals surface area contributed by atoms with Crippen LogP contribution in [0.2, 0.25) is 0 Å². The first-order valence-electron chi connectivity index (χ1n) is 5.38. The summed E-state index contributed by atoms with van der Waals surface area (Å²) in [5.74, 6) is 0. The largest absolute Gasteiger partial charge is 0.318 e. The summed E-state index contributed by atoms with van der Waals surface area (Å²) in [4.78, 5) is 5.11. The van der Waals surface area contributed by atoms with E-state index < -0.39 is 15.3 Å². The minimum absolute atomic E-state index is 0.396. The molecule has 7 heteroatoms. The van der Waals surface area contributed by atoms with Crippen molar-refractivity contribution in [2.24, 2.45) is 0 Å². The minimum atomic E-state index is -3.24. The predicted molar refractivity (Wildman–Crippen MR) is 70.6 cm³/mol. The summed E-state index contributed by atoms with van der Waals surface area (Å²) in [6.45, 7) is 4.45. The number of hydrogen-bond donors (Lipinski definition) is 1. The summed E-state index contributed by atoms with van der Waals surface area (Å²) < 4.78 is 25.7. The number of rotatable bonds is 6. The molecule has 0 aromatic carbocycles. The van der Waals surface area contributed by atoms with Crippen molar-refractivity contribution in [3.8, 4) is 0 Å². The SMILES string of the molecule is CNCC(C)S(=O)(=O)N(C)Cc1scnc1C. The third kappa shape index (κ3) is 3.48. The smallest absolute Gasteiger partial charge is 0.218 e. The lowest BCUT2D eigenvalue weighted by Crippen LogP contribution is -2.38. The van der Waals surface area contributed by atoms with E-state index in [-0.39, 0.29) is 0 Å². The molecular formula is C10H19N3O2S2. The van der Waals surface area contributed by atoms with Crippen molar-refractivity contribution in [1.82, 2.24) is 14.6 Å². The minimum Gasteiger partial charge on any atom is -0.318 e. The van der Waals surface area contributed by atoms with Gasteiger partial charge in [0.1, 0.15) is 0 Å². The number of nitrogens with one attached hydrogen (secondary N) is 1. The molecule has 1 aromatic rings. The lowest BCUT2D eigenvalue weighted by Gasteiger charge is -2.21. The van der Waals surface area contributed by atoms with Gasteiger partial charge in [0.05, 0.1) is 16.5 Å². The third-order valence-corrected chi connectivity index (χ3v) is 5.75. The Kier molecular flexibility index (Phi) is 5.05. The second kappa shape index (κ2) is 5.90. The van der Waals surface area contributed by atoms with Gasteiger partial charge in [0.2, 0.25) is 10.0 Å². The summed E-state index contributed by atoms with van der Waals surface area (Å²) in [5.41, 5.74) is 2.64. The zero-order valence-corrected chi connectivity index (χ0v) is 12.2. The van der Waals surface area contributed by atoms with Crippen LogP contribution in [0.4, 0.5) is 0 Å². The first-order chi connectivity index (χ1) is 7.89. The molecule has 17 heavy (non-hydrogen) atoms. The molecule has 1 N–H and O–H groups in total. The van der Waals surface area contributed by atoms with Gasteiger partial charge in [-0.25, -0.2) is 13.4 Å². The van der Waals surface area contributed by atoms with Crippen molar-refractivity contribution >= 4 is 21.4 Å². The van der Waals surface area contributed by atoms with Crippen LogP contribution in [0.15, 0.2) is 5.51 Å². The Balaban J connectivity index is 2.76. The Bertz CT molecular complexity index is 456. The molecule has 0 fully saturated rings. The maximum Gasteiger partial charge on any atom is 0.218 e. The molecule has 5 nitrogen and oxygen atoms in total. The highest BCUT2D eigenvalue weighted by Crippen LogP contribution is 2.17. The van der Waals surface area contributed by atoms with Gasteiger partial charge in [-0.2, -0.15) is 4.31 Å². The van der Waals surface area contributed by atoms with Crippen LogP contribution >= 0.6 is 11.3 Å². The summed E-state index contributed by atoms with van der Waals surface area (Å²) >= 11 is 1.49. The average Bonchev–Trinajstić information content (AvgIpc) is 2.64. The topological polar surface area (TPSA) is 62.3 Å². The Morgan fingerprint density at radius 1 is 1.59 bits per heavy atom. The normalized spacial score (nSPS) is 14.2. The summed E-state index contributed by atoms with van der Waals surface area (Å²) in [7, 11) is 0.117. The molecule has 0 aliphatic carbocycles. The van der Waals surface area contributed by atoms with E-state index in [0.29, 0.717) is 13.1 Å². The summed E-state index contributed by atoms with van der Waals surface area (Å²) in [6, 6.07) is 0. The van der Waals surface area contributed by atoms with Gasteiger partial charge in [0, 0.05) is 25.0 Å². The van der Waals surface area contributed by atoms with Crippen molar-refractivity contribution in [3.05, 3.63) is 16.1 Å². The molecule has 1 aromatic heterocycles. The van der Waals surface area contributed by atoms with Gasteiger partial charge in [0.25, 0.3) is 0 Å². The molecule has 0 spiro atoms. The van der Waals surface area contributed by atoms with Crippen LogP contribution in [0.25, 0.3) is 0 Å². The molecular weight excluding hydrogens is 258 g/mol. The lowest BCUT2D eigenvalue weighted by molar-refractivity contribution is 0.457. The maximum atomic E-state index is 12.1. The van der Waals surface area contributed by atoms with Gasteiger partial charge in [-0.3, -0.25) is 0 Å². The van der Waals surface area contributed by atoms with Crippen LogP contribution in [0.5, 0.6) is 0 Å². The highest BCUT2D eigenvalue weighted by Gasteiger charge is 2.25. The fraction of sp³-hybridized carbons (Fsp3) is 0.700. The van der Waals surface area contributed by atoms with E-state index in [2.05, 4.69) is 10.3 Å². The molecule has 0 amide bonds. The monoisotopic (exact) mass is 277 g/mol. The average molecular weight is 277 g/mol. The molecule has 1 unspecified atom stereocenters. The van der Waals surface area contributed by atoms with Crippen LogP contribution < -0.4 is 5.32 Å². The second-order valence-electron chi connectivity index (χ2n) is 4.03. The Morgan fingerprint density at radius 2 is 2.24 bits per heavy atom. The molecule has 0 aliphatic rings. The number of aromatic nitrogens is 1. The quantitative estimate of drug-likeness (QED) is 0.836. The van der Waals surface area contributed by atoms with Crippen molar-refractivity contribution in [2.45, 2.75) is 25.6 Å². The molecule has 0 bridgehead atoms. The van der Waals surface area contributed by atoms with Crippen LogP contribution in [0.1, 0.15) is 17.5 Å². The fourth-order valence-corrected chi connectivity index (χ4v) is 3.68. The van der Waals surface area contributed by atoms with Gasteiger partial charge < -0.3 is 5.32 Å². The third-order valence-electron chi connectivity index (χ3n) is 2.65. The summed E-state index contributed by atoms with van der Waals surface area (Å²) in [5, 5.41) is 2.46. The Morgan fingerprint density at radius 3 is 2.71 bits per heavy atom. The molecule has 0 saturated heterocycles. The van der Waals surface area contributed by atoms with E-state index >= 15 is 0 Å². The second-order valence-corrected chi connectivity index (χ2v) is 7.43. The molecule has 1 atom stereocenters. The molecule has 0 saturated carbocycles. The number of sulfonamides is 1. The van der Waals surface area contributed by atoms with E-state index in [4.69, 9.17) is 0 Å². The van der Waals surface area contributed by atoms with E-state index in [1.807, 2.05) is 6.92 Å². The summed E-state index contributed by atoms with van der Waals surface area (Å²) in [6.07, 6.45) is 0. The van der Waals surface area contributed by atoms with Crippen molar-refractivity contribution in [3.63, 3.8) is 0 Å². The van der Waals surface area contributed by atoms with Crippen molar-refractivity contribution < 1.29 is 8.42 Å². The zero-order chi connectivity index (χ0) is 13.1. The van der Waals surface area contributed by atoms with Gasteiger partial charge in [-0.15, -0.1) is 11.3 Å². The molecule has 1 heterocycles. The van der Waals surface area contributed by atoms with E-state index in [1.165, 1.54) is 15.6 Å². The molecule has 0 aliphatic heterocycles. The highest BCUT2D eigenvalue weighted by atomic mass is 32.2. The number of nitrogens with zero attached hydrogens (tertiary/aromatic N) is 2. The van der Waals surface area contributed by atoms with Crippen LogP contribution in [-0.2, 0) is 16.6 Å². The van der Waals surface area contributed by atoms with Gasteiger partial charge in [-0.1, -0.05) is 0 Å². The van der Waals surface area contributed by atoms with E-state index in [0.717, 1.165) is 10.6 Å². The van der Waals surface area contributed by atoms with Crippen molar-refractivity contribution in [2.75, 3.05) is 20.6 Å². The van der Waals surface area contributed by atoms with E-state index in [1.54, 1.807) is 26.5 Å². The maximum absolute atomic E-state index is 12.1. The fourth-order valence-electron chi connectivity index (χ4n) is 1.47. The number of thiazole rings is 1. The predicted octanol–water partition coefficient (Wildman–Crippen LogP) is 0.821. The first kappa shape index (κ1) is 14.6. The van der Waals surface area contributed by atoms with Crippen LogP contribution in [0.3, 0.4) is 0 Å². The highest BCUT2D eigenvalue weighted by molar-refractivity contribution is 7.89. The Labute approximate surface area is 107 Å². The van der Waals surface area contributed by atoms with Gasteiger partial charge in [0.15, 0.2) is 0 Å². The van der Waals surface area contributed by atoms with E-state index in [9.17, 15) is 8.42 Å². The first-order valence-corrected chi connectivity index (χ1v) is 7.76. The van der Waals surface area contributed by atoms with Crippen molar-refractivity contribution in [1.29, 1.82) is 0 Å². The molecule has 1 rings (SSSR count). The Hall–Kier alpha value is -0.500. The number of aryl methyl sites for hydroxylation is 1. The van der Waals surface area contributed by atoms with Gasteiger partial charge >= 0.3 is 0 Å². The molecule has 98 valence electrons.